The van der Waals surface area contributed by atoms with Gasteiger partial charge in [0.1, 0.15) is 11.5 Å². The van der Waals surface area contributed by atoms with Gasteiger partial charge in [0, 0.05) is 30.5 Å². The Balaban J connectivity index is 2.58. The first-order valence-electron chi connectivity index (χ1n) is 10.0. The number of ketones is 1. The molecular formula is C22H36N2O5. The van der Waals surface area contributed by atoms with Crippen molar-refractivity contribution in [3.05, 3.63) is 28.8 Å². The number of amides is 1. The van der Waals surface area contributed by atoms with Gasteiger partial charge in [-0.2, -0.15) is 0 Å². The van der Waals surface area contributed by atoms with Gasteiger partial charge in [-0.3, -0.25) is 4.79 Å². The molecule has 0 spiro atoms. The van der Waals surface area contributed by atoms with Gasteiger partial charge in [-0.15, -0.1) is 0 Å². The van der Waals surface area contributed by atoms with Crippen molar-refractivity contribution in [1.29, 1.82) is 0 Å². The number of likely N-dealkylation sites (N-methyl/N-ethyl adjacent to an activating group) is 1. The normalized spacial score (nSPS) is 11.4. The fourth-order valence-corrected chi connectivity index (χ4v) is 3.44. The number of hydrogen-bond acceptors (Lipinski definition) is 6. The predicted molar refractivity (Wildman–Crippen MR) is 114 cm³/mol. The van der Waals surface area contributed by atoms with Crippen molar-refractivity contribution in [1.82, 2.24) is 10.6 Å². The molecule has 0 fully saturated rings. The summed E-state index contributed by atoms with van der Waals surface area (Å²) < 4.78 is 16.4. The Morgan fingerprint density at radius 1 is 1.00 bits per heavy atom. The van der Waals surface area contributed by atoms with Crippen LogP contribution < -0.4 is 15.4 Å². The minimum absolute atomic E-state index is 0.0949. The molecule has 1 rings (SSSR count). The van der Waals surface area contributed by atoms with E-state index in [9.17, 15) is 9.59 Å². The van der Waals surface area contributed by atoms with Crippen LogP contribution in [0.5, 0.6) is 5.75 Å². The van der Waals surface area contributed by atoms with Crippen molar-refractivity contribution < 1.29 is 23.8 Å². The first-order chi connectivity index (χ1) is 13.7. The third-order valence-corrected chi connectivity index (χ3v) is 4.40. The van der Waals surface area contributed by atoms with Gasteiger partial charge in [0.15, 0.2) is 0 Å². The highest BCUT2D eigenvalue weighted by Crippen LogP contribution is 2.38. The molecule has 0 unspecified atom stereocenters. The molecule has 0 aliphatic carbocycles. The number of carbonyl (C=O) groups excluding carboxylic acids is 2. The highest BCUT2D eigenvalue weighted by Gasteiger charge is 2.29. The van der Waals surface area contributed by atoms with E-state index in [0.717, 1.165) is 23.2 Å². The zero-order valence-corrected chi connectivity index (χ0v) is 18.6. The van der Waals surface area contributed by atoms with Gasteiger partial charge >= 0.3 is 6.09 Å². The van der Waals surface area contributed by atoms with E-state index >= 15 is 0 Å². The highest BCUT2D eigenvalue weighted by molar-refractivity contribution is 5.78. The van der Waals surface area contributed by atoms with Crippen LogP contribution in [-0.2, 0) is 19.7 Å². The van der Waals surface area contributed by atoms with E-state index in [1.165, 1.54) is 0 Å². The van der Waals surface area contributed by atoms with E-state index in [4.69, 9.17) is 14.2 Å². The van der Waals surface area contributed by atoms with Crippen molar-refractivity contribution in [2.24, 2.45) is 0 Å². The smallest absolute Gasteiger partial charge is 0.410 e. The lowest BCUT2D eigenvalue weighted by Gasteiger charge is -2.28. The monoisotopic (exact) mass is 408 g/mol. The molecule has 7 nitrogen and oxygen atoms in total. The number of carbonyl (C=O) groups is 2. The third-order valence-electron chi connectivity index (χ3n) is 4.40. The van der Waals surface area contributed by atoms with Crippen LogP contribution in [0, 0.1) is 13.8 Å². The maximum Gasteiger partial charge on any atom is 0.412 e. The molecule has 0 radical (unpaired) electrons. The summed E-state index contributed by atoms with van der Waals surface area (Å²) in [6, 6.07) is 3.87. The van der Waals surface area contributed by atoms with Gasteiger partial charge in [-0.05, 0) is 45.0 Å². The maximum absolute atomic E-state index is 12.3. The van der Waals surface area contributed by atoms with Gasteiger partial charge in [-0.25, -0.2) is 4.79 Å². The number of hydrogen-bond donors (Lipinski definition) is 2. The number of aryl methyl sites for hydroxylation is 2. The molecule has 1 aromatic carbocycles. The first-order valence-corrected chi connectivity index (χ1v) is 10.0. The fourth-order valence-electron chi connectivity index (χ4n) is 3.44. The van der Waals surface area contributed by atoms with Crippen molar-refractivity contribution in [3.8, 4) is 5.75 Å². The van der Waals surface area contributed by atoms with Crippen LogP contribution in [0.1, 0.15) is 43.9 Å². The molecule has 0 saturated carbocycles. The van der Waals surface area contributed by atoms with Gasteiger partial charge in [-0.1, -0.05) is 19.9 Å². The summed E-state index contributed by atoms with van der Waals surface area (Å²) in [5.41, 5.74) is 2.44. The van der Waals surface area contributed by atoms with Crippen LogP contribution in [0.3, 0.4) is 0 Å². The largest absolute Gasteiger partial charge is 0.412 e. The summed E-state index contributed by atoms with van der Waals surface area (Å²) in [5, 5.41) is 5.69. The fraction of sp³-hybridized carbons (Fsp3) is 0.636. The highest BCUT2D eigenvalue weighted by atomic mass is 16.6. The SMILES string of the molecule is CNCCOCCOCCNC(=O)Oc1cc(C)cc(C)c1C(C)(C)CC(C)=O. The molecule has 0 saturated heterocycles. The molecule has 0 aliphatic rings. The van der Waals surface area contributed by atoms with Crippen LogP contribution in [0.2, 0.25) is 0 Å². The Morgan fingerprint density at radius 3 is 2.21 bits per heavy atom. The Morgan fingerprint density at radius 2 is 1.62 bits per heavy atom. The van der Waals surface area contributed by atoms with Crippen LogP contribution in [0.15, 0.2) is 12.1 Å². The minimum Gasteiger partial charge on any atom is -0.410 e. The number of Topliss-reactive ketones (excluding diaryl/α,β-unsaturated/α-hetero) is 1. The van der Waals surface area contributed by atoms with E-state index in [1.54, 1.807) is 6.92 Å². The Hall–Kier alpha value is -1.96. The van der Waals surface area contributed by atoms with Crippen LogP contribution in [-0.4, -0.2) is 58.4 Å². The molecule has 0 atom stereocenters. The standard InChI is InChI=1S/C22H36N2O5/c1-16-13-17(2)20(22(4,5)15-18(3)25)19(14-16)29-21(26)24-8-10-28-12-11-27-9-7-23-6/h13-14,23H,7-12,15H2,1-6H3,(H,24,26). The lowest BCUT2D eigenvalue weighted by atomic mass is 9.77. The molecule has 1 aromatic rings. The van der Waals surface area contributed by atoms with E-state index in [-0.39, 0.29) is 5.78 Å². The summed E-state index contributed by atoms with van der Waals surface area (Å²) in [7, 11) is 1.87. The topological polar surface area (TPSA) is 85.9 Å². The number of nitrogens with one attached hydrogen (secondary N) is 2. The van der Waals surface area contributed by atoms with E-state index < -0.39 is 11.5 Å². The molecule has 7 heteroatoms. The summed E-state index contributed by atoms with van der Waals surface area (Å²) in [5.74, 6) is 0.586. The van der Waals surface area contributed by atoms with Gasteiger partial charge < -0.3 is 24.8 Å². The van der Waals surface area contributed by atoms with E-state index in [0.29, 0.717) is 45.1 Å². The van der Waals surface area contributed by atoms with Crippen molar-refractivity contribution in [2.45, 2.75) is 46.5 Å². The molecule has 29 heavy (non-hydrogen) atoms. The van der Waals surface area contributed by atoms with E-state index in [1.807, 2.05) is 46.9 Å². The average molecular weight is 409 g/mol. The van der Waals surface area contributed by atoms with Gasteiger partial charge in [0.2, 0.25) is 0 Å². The molecule has 2 N–H and O–H groups in total. The second kappa shape index (κ2) is 12.6. The average Bonchev–Trinajstić information content (AvgIpc) is 2.58. The quantitative estimate of drug-likeness (QED) is 0.488. The van der Waals surface area contributed by atoms with Gasteiger partial charge in [0.25, 0.3) is 0 Å². The number of rotatable bonds is 13. The Labute approximate surface area is 174 Å². The predicted octanol–water partition coefficient (Wildman–Crippen LogP) is 2.90. The number of ether oxygens (including phenoxy) is 3. The second-order valence-electron chi connectivity index (χ2n) is 7.86. The molecule has 0 heterocycles. The molecule has 0 bridgehead atoms. The molecule has 0 aliphatic heterocycles. The summed E-state index contributed by atoms with van der Waals surface area (Å²) in [4.78, 5) is 24.0. The summed E-state index contributed by atoms with van der Waals surface area (Å²) in [6.07, 6.45) is -0.164. The summed E-state index contributed by atoms with van der Waals surface area (Å²) in [6.45, 7) is 12.6. The molecule has 0 aromatic heterocycles. The lowest BCUT2D eigenvalue weighted by molar-refractivity contribution is -0.118. The van der Waals surface area contributed by atoms with Gasteiger partial charge in [0.05, 0.1) is 26.4 Å². The van der Waals surface area contributed by atoms with Crippen LogP contribution >= 0.6 is 0 Å². The Kier molecular flexibility index (Phi) is 10.9. The van der Waals surface area contributed by atoms with Crippen molar-refractivity contribution in [2.75, 3.05) is 46.6 Å². The lowest BCUT2D eigenvalue weighted by Crippen LogP contribution is -2.32. The van der Waals surface area contributed by atoms with Crippen molar-refractivity contribution >= 4 is 11.9 Å². The second-order valence-corrected chi connectivity index (χ2v) is 7.86. The van der Waals surface area contributed by atoms with E-state index in [2.05, 4.69) is 10.6 Å². The zero-order chi connectivity index (χ0) is 21.9. The van der Waals surface area contributed by atoms with Crippen LogP contribution in [0.25, 0.3) is 0 Å². The maximum atomic E-state index is 12.3. The first kappa shape index (κ1) is 25.1. The third kappa shape index (κ3) is 9.39. The summed E-state index contributed by atoms with van der Waals surface area (Å²) >= 11 is 0. The van der Waals surface area contributed by atoms with Crippen LogP contribution in [0.4, 0.5) is 4.79 Å². The minimum atomic E-state index is -0.538. The van der Waals surface area contributed by atoms with Crippen molar-refractivity contribution in [3.63, 3.8) is 0 Å². The zero-order valence-electron chi connectivity index (χ0n) is 18.6. The molecular weight excluding hydrogens is 372 g/mol. The number of benzene rings is 1. The Bertz CT molecular complexity index is 673. The molecule has 164 valence electrons. The molecule has 1 amide bonds.